The Labute approximate surface area is 181 Å². The van der Waals surface area contributed by atoms with Crippen LogP contribution in [0.25, 0.3) is 6.08 Å². The average Bonchev–Trinajstić information content (AvgIpc) is 3.10. The van der Waals surface area contributed by atoms with Crippen LogP contribution in [0.1, 0.15) is 27.0 Å². The van der Waals surface area contributed by atoms with Gasteiger partial charge < -0.3 is 9.47 Å². The van der Waals surface area contributed by atoms with Gasteiger partial charge in [-0.2, -0.15) is 0 Å². The van der Waals surface area contributed by atoms with Crippen molar-refractivity contribution >= 4 is 39.8 Å². The van der Waals surface area contributed by atoms with Gasteiger partial charge in [-0.3, -0.25) is 0 Å². The van der Waals surface area contributed by atoms with Crippen molar-refractivity contribution in [2.24, 2.45) is 4.99 Å². The molecule has 0 N–H and O–H groups in total. The smallest absolute Gasteiger partial charge is 0.363 e. The zero-order chi connectivity index (χ0) is 21.1. The first kappa shape index (κ1) is 19.8. The number of cyclic esters (lactones) is 1. The van der Waals surface area contributed by atoms with Gasteiger partial charge in [0, 0.05) is 10.0 Å². The Kier molecular flexibility index (Phi) is 5.59. The van der Waals surface area contributed by atoms with Crippen molar-refractivity contribution < 1.29 is 19.1 Å². The summed E-state index contributed by atoms with van der Waals surface area (Å²) < 4.78 is 11.5. The molecule has 4 rings (SSSR count). The number of esters is 2. The number of nitrogens with zero attached hydrogens (tertiary/aromatic N) is 1. The molecule has 0 aliphatic carbocycles. The number of carbonyl (C=O) groups excluding carboxylic acids is 2. The molecule has 0 spiro atoms. The molecule has 0 atom stereocenters. The lowest BCUT2D eigenvalue weighted by Gasteiger charge is -2.05. The van der Waals surface area contributed by atoms with Gasteiger partial charge >= 0.3 is 11.9 Å². The Morgan fingerprint density at radius 1 is 1.03 bits per heavy atom. The van der Waals surface area contributed by atoms with E-state index < -0.39 is 11.9 Å². The molecule has 0 unspecified atom stereocenters. The van der Waals surface area contributed by atoms with E-state index in [4.69, 9.17) is 9.47 Å². The Morgan fingerprint density at radius 3 is 2.53 bits per heavy atom. The summed E-state index contributed by atoms with van der Waals surface area (Å²) in [5.74, 6) is -0.264. The SMILES string of the molecule is Cc1cccc(C(=O)Oc2ccc(/C=C3/N=C(c4cccc(Br)c4)OC3=O)cc2)c1. The largest absolute Gasteiger partial charge is 0.423 e. The van der Waals surface area contributed by atoms with Crippen molar-refractivity contribution in [2.75, 3.05) is 0 Å². The number of rotatable bonds is 4. The summed E-state index contributed by atoms with van der Waals surface area (Å²) in [6, 6.07) is 21.4. The minimum absolute atomic E-state index is 0.203. The molecule has 0 fully saturated rings. The highest BCUT2D eigenvalue weighted by Crippen LogP contribution is 2.22. The van der Waals surface area contributed by atoms with Crippen LogP contribution in [0.2, 0.25) is 0 Å². The lowest BCUT2D eigenvalue weighted by atomic mass is 10.1. The molecule has 0 radical (unpaired) electrons. The molecule has 1 aliphatic rings. The number of hydrogen-bond acceptors (Lipinski definition) is 5. The maximum atomic E-state index is 12.3. The number of ether oxygens (including phenoxy) is 2. The molecule has 0 saturated heterocycles. The summed E-state index contributed by atoms with van der Waals surface area (Å²) in [5.41, 5.74) is 3.12. The van der Waals surface area contributed by atoms with E-state index in [1.165, 1.54) is 0 Å². The molecule has 0 saturated carbocycles. The Morgan fingerprint density at radius 2 is 1.80 bits per heavy atom. The zero-order valence-corrected chi connectivity index (χ0v) is 17.5. The van der Waals surface area contributed by atoms with Crippen molar-refractivity contribution in [3.05, 3.63) is 105 Å². The van der Waals surface area contributed by atoms with Crippen LogP contribution in [-0.2, 0) is 9.53 Å². The first-order valence-corrected chi connectivity index (χ1v) is 9.95. The number of halogens is 1. The van der Waals surface area contributed by atoms with Crippen molar-refractivity contribution in [2.45, 2.75) is 6.92 Å². The average molecular weight is 462 g/mol. The summed E-state index contributed by atoms with van der Waals surface area (Å²) in [7, 11) is 0. The molecule has 5 nitrogen and oxygen atoms in total. The van der Waals surface area contributed by atoms with Gasteiger partial charge in [0.15, 0.2) is 5.70 Å². The minimum atomic E-state index is -0.514. The highest BCUT2D eigenvalue weighted by atomic mass is 79.9. The predicted molar refractivity (Wildman–Crippen MR) is 117 cm³/mol. The minimum Gasteiger partial charge on any atom is -0.423 e. The van der Waals surface area contributed by atoms with Crippen LogP contribution in [0.4, 0.5) is 0 Å². The second kappa shape index (κ2) is 8.47. The van der Waals surface area contributed by atoms with Gasteiger partial charge in [0.25, 0.3) is 0 Å². The molecule has 6 heteroatoms. The third kappa shape index (κ3) is 4.55. The molecule has 1 heterocycles. The van der Waals surface area contributed by atoms with E-state index in [9.17, 15) is 9.59 Å². The van der Waals surface area contributed by atoms with Crippen molar-refractivity contribution in [3.8, 4) is 5.75 Å². The Bertz CT molecular complexity index is 1200. The fourth-order valence-corrected chi connectivity index (χ4v) is 3.28. The molecule has 1 aliphatic heterocycles. The summed E-state index contributed by atoms with van der Waals surface area (Å²) >= 11 is 3.39. The lowest BCUT2D eigenvalue weighted by molar-refractivity contribution is -0.129. The lowest BCUT2D eigenvalue weighted by Crippen LogP contribution is -2.08. The van der Waals surface area contributed by atoms with E-state index in [0.29, 0.717) is 16.9 Å². The Balaban J connectivity index is 1.49. The quantitative estimate of drug-likeness (QED) is 0.299. The van der Waals surface area contributed by atoms with Crippen LogP contribution in [0, 0.1) is 6.92 Å². The first-order chi connectivity index (χ1) is 14.5. The van der Waals surface area contributed by atoms with Crippen LogP contribution in [0.15, 0.2) is 88.0 Å². The van der Waals surface area contributed by atoms with E-state index in [2.05, 4.69) is 20.9 Å². The maximum Gasteiger partial charge on any atom is 0.363 e. The molecule has 0 amide bonds. The number of hydrogen-bond donors (Lipinski definition) is 0. The number of carbonyl (C=O) groups is 2. The standard InChI is InChI=1S/C24H16BrNO4/c1-15-4-2-6-18(12-15)23(27)29-20-10-8-16(9-11-20)13-21-24(28)30-22(26-21)17-5-3-7-19(25)14-17/h2-14H,1H3/b21-13+. The molecule has 30 heavy (non-hydrogen) atoms. The molecular weight excluding hydrogens is 446 g/mol. The summed E-state index contributed by atoms with van der Waals surface area (Å²) in [6.45, 7) is 1.91. The van der Waals surface area contributed by atoms with Gasteiger partial charge in [-0.05, 0) is 61.0 Å². The zero-order valence-electron chi connectivity index (χ0n) is 16.0. The van der Waals surface area contributed by atoms with E-state index in [1.807, 2.05) is 43.3 Å². The molecule has 3 aromatic rings. The second-order valence-electron chi connectivity index (χ2n) is 6.67. The Hall–Kier alpha value is -3.51. The van der Waals surface area contributed by atoms with Crippen LogP contribution >= 0.6 is 15.9 Å². The fourth-order valence-electron chi connectivity index (χ4n) is 2.88. The highest BCUT2D eigenvalue weighted by molar-refractivity contribution is 9.10. The van der Waals surface area contributed by atoms with Gasteiger partial charge in [-0.25, -0.2) is 14.6 Å². The van der Waals surface area contributed by atoms with Crippen LogP contribution < -0.4 is 4.74 Å². The van der Waals surface area contributed by atoms with Crippen molar-refractivity contribution in [1.82, 2.24) is 0 Å². The topological polar surface area (TPSA) is 65.0 Å². The van der Waals surface area contributed by atoms with Gasteiger partial charge in [-0.15, -0.1) is 0 Å². The fraction of sp³-hybridized carbons (Fsp3) is 0.0417. The molecular formula is C24H16BrNO4. The van der Waals surface area contributed by atoms with Gasteiger partial charge in [0.05, 0.1) is 5.56 Å². The van der Waals surface area contributed by atoms with Crippen molar-refractivity contribution in [1.29, 1.82) is 0 Å². The monoisotopic (exact) mass is 461 g/mol. The maximum absolute atomic E-state index is 12.3. The van der Waals surface area contributed by atoms with Gasteiger partial charge in [0.2, 0.25) is 5.90 Å². The highest BCUT2D eigenvalue weighted by Gasteiger charge is 2.24. The van der Waals surface area contributed by atoms with Crippen molar-refractivity contribution in [3.63, 3.8) is 0 Å². The van der Waals surface area contributed by atoms with E-state index in [0.717, 1.165) is 15.6 Å². The van der Waals surface area contributed by atoms with Gasteiger partial charge in [0.1, 0.15) is 5.75 Å². The molecule has 0 aromatic heterocycles. The molecule has 3 aromatic carbocycles. The summed E-state index contributed by atoms with van der Waals surface area (Å²) in [6.07, 6.45) is 1.62. The summed E-state index contributed by atoms with van der Waals surface area (Å²) in [4.78, 5) is 28.7. The predicted octanol–water partition coefficient (Wildman–Crippen LogP) is 5.32. The third-order valence-electron chi connectivity index (χ3n) is 4.34. The van der Waals surface area contributed by atoms with Crippen LogP contribution in [0.3, 0.4) is 0 Å². The molecule has 0 bridgehead atoms. The van der Waals surface area contributed by atoms with Gasteiger partial charge in [-0.1, -0.05) is 51.8 Å². The second-order valence-corrected chi connectivity index (χ2v) is 7.59. The third-order valence-corrected chi connectivity index (χ3v) is 4.83. The van der Waals surface area contributed by atoms with Crippen LogP contribution in [0.5, 0.6) is 5.75 Å². The molecule has 148 valence electrons. The van der Waals surface area contributed by atoms with E-state index >= 15 is 0 Å². The van der Waals surface area contributed by atoms with Crippen LogP contribution in [-0.4, -0.2) is 17.8 Å². The number of benzene rings is 3. The summed E-state index contributed by atoms with van der Waals surface area (Å²) in [5, 5.41) is 0. The number of aryl methyl sites for hydroxylation is 1. The van der Waals surface area contributed by atoms with E-state index in [-0.39, 0.29) is 11.6 Å². The number of aliphatic imine (C=N–C) groups is 1. The first-order valence-electron chi connectivity index (χ1n) is 9.15. The van der Waals surface area contributed by atoms with E-state index in [1.54, 1.807) is 42.5 Å². The normalized spacial score (nSPS) is 14.4.